The van der Waals surface area contributed by atoms with E-state index in [0.29, 0.717) is 18.1 Å². The van der Waals surface area contributed by atoms with Crippen LogP contribution in [-0.2, 0) is 28.6 Å². The van der Waals surface area contributed by atoms with Crippen molar-refractivity contribution in [3.63, 3.8) is 0 Å². The highest BCUT2D eigenvalue weighted by atomic mass is 32.2. The molecular weight excluding hydrogens is 897 g/mol. The minimum Gasteiger partial charge on any atom is -0.411 e. The summed E-state index contributed by atoms with van der Waals surface area (Å²) >= 11 is 0. The molecule has 362 valence electrons. The third-order valence-corrected chi connectivity index (χ3v) is 18.8. The third-order valence-electron chi connectivity index (χ3n) is 12.7. The first-order valence-electron chi connectivity index (χ1n) is 23.9. The molecule has 0 aliphatic carbocycles. The second-order valence-electron chi connectivity index (χ2n) is 20.0. The predicted molar refractivity (Wildman–Crippen MR) is 283 cm³/mol. The molecule has 6 heterocycles. The lowest BCUT2D eigenvalue weighted by molar-refractivity contribution is 0.272. The van der Waals surface area contributed by atoms with Crippen molar-refractivity contribution in [2.75, 3.05) is 0 Å². The average Bonchev–Trinajstić information content (AvgIpc) is 3.97. The van der Waals surface area contributed by atoms with Crippen molar-refractivity contribution in [1.82, 2.24) is 44.2 Å². The summed E-state index contributed by atoms with van der Waals surface area (Å²) in [5.74, 6) is 1.43. The second kappa shape index (κ2) is 21.9. The van der Waals surface area contributed by atoms with Gasteiger partial charge < -0.3 is 15.3 Å². The first-order chi connectivity index (χ1) is 32.9. The average molecular weight is 965 g/mol. The normalized spacial score (nSPS) is 13.6. The molecule has 4 N–H and O–H groups in total. The van der Waals surface area contributed by atoms with Gasteiger partial charge >= 0.3 is 0 Å². The Morgan fingerprint density at radius 3 is 1.75 bits per heavy atom. The van der Waals surface area contributed by atoms with Crippen molar-refractivity contribution >= 4 is 41.1 Å². The van der Waals surface area contributed by atoms with E-state index in [9.17, 15) is 9.32 Å². The van der Waals surface area contributed by atoms with E-state index < -0.39 is 19.3 Å². The number of aromatic nitrogens is 8. The summed E-state index contributed by atoms with van der Waals surface area (Å²) in [7, 11) is -3.05. The van der Waals surface area contributed by atoms with Crippen molar-refractivity contribution in [2.45, 2.75) is 129 Å². The van der Waals surface area contributed by atoms with Gasteiger partial charge in [0.25, 0.3) is 0 Å². The quantitative estimate of drug-likeness (QED) is 0.0792. The predicted octanol–water partition coefficient (Wildman–Crippen LogP) is 11.7. The topological polar surface area (TPSA) is 172 Å². The van der Waals surface area contributed by atoms with Crippen LogP contribution in [-0.4, -0.2) is 61.9 Å². The number of aliphatic hydroxyl groups is 1. The van der Waals surface area contributed by atoms with Crippen LogP contribution < -0.4 is 10.5 Å². The molecule has 0 saturated carbocycles. The number of hydrogen-bond acceptors (Lipinski definition) is 10. The minimum absolute atomic E-state index is 0.0171. The van der Waals surface area contributed by atoms with Crippen LogP contribution >= 0.6 is 0 Å². The van der Waals surface area contributed by atoms with Gasteiger partial charge in [-0.15, -0.1) is 0 Å². The van der Waals surface area contributed by atoms with E-state index >= 15 is 0 Å². The fourth-order valence-electron chi connectivity index (χ4n) is 7.55. The van der Waals surface area contributed by atoms with Gasteiger partial charge in [0.05, 0.1) is 75.1 Å². The van der Waals surface area contributed by atoms with Crippen LogP contribution in [0.1, 0.15) is 116 Å². The maximum atomic E-state index is 12.9. The standard InChI is InChI=1S/C32H45N5O2SSi.C22H23N5O/c1-10-12-27(36-40(38)31(2,3)4)24-17-18-33-28(19-24)23-15-16-25-21-34-37(29(25)20-23)30-14-11-13-26(35-30)22-39-41(8,9)32(5,6)7;1-2-4-19(23)15-9-10-24-20(11-15)16-7-8-17-13-25-27(21(17)12-16)22-6-3-5-18(14-28)26-22/h11,13-21,27,36H,10,12,22H2,1-9H3;3,5-13,19,28H,2,4,14,23H2,1H3/t27-,40?;19-/m00/s1. The van der Waals surface area contributed by atoms with E-state index in [1.54, 1.807) is 10.7 Å². The first kappa shape index (κ1) is 51.0. The van der Waals surface area contributed by atoms with E-state index in [1.165, 1.54) is 0 Å². The number of hydrogen-bond donors (Lipinski definition) is 3. The maximum absolute atomic E-state index is 12.9. The largest absolute Gasteiger partial charge is 0.411 e. The minimum atomic E-state index is -1.89. The van der Waals surface area contributed by atoms with Gasteiger partial charge in [0.1, 0.15) is 0 Å². The molecule has 15 heteroatoms. The van der Waals surface area contributed by atoms with Crippen molar-refractivity contribution < 1.29 is 13.7 Å². The molecule has 2 aromatic carbocycles. The Balaban J connectivity index is 0.000000218. The molecule has 1 unspecified atom stereocenters. The lowest BCUT2D eigenvalue weighted by atomic mass is 10.0. The van der Waals surface area contributed by atoms with E-state index in [-0.39, 0.29) is 28.5 Å². The molecule has 8 rings (SSSR count). The van der Waals surface area contributed by atoms with Crippen LogP contribution in [0.5, 0.6) is 0 Å². The van der Waals surface area contributed by atoms with Gasteiger partial charge in [-0.05, 0) is 124 Å². The fraction of sp³-hybridized carbons (Fsp3) is 0.370. The molecule has 13 nitrogen and oxygen atoms in total. The molecule has 0 spiro atoms. The highest BCUT2D eigenvalue weighted by Gasteiger charge is 2.37. The summed E-state index contributed by atoms with van der Waals surface area (Å²) in [4.78, 5) is 18.6. The molecular formula is C54H68N10O3SSi. The molecule has 0 radical (unpaired) electrons. The summed E-state index contributed by atoms with van der Waals surface area (Å²) in [6.07, 6.45) is 11.2. The molecule has 0 fully saturated rings. The van der Waals surface area contributed by atoms with Crippen LogP contribution in [0.25, 0.3) is 56.0 Å². The molecule has 69 heavy (non-hydrogen) atoms. The third kappa shape index (κ3) is 12.3. The monoisotopic (exact) mass is 964 g/mol. The van der Waals surface area contributed by atoms with E-state index in [0.717, 1.165) is 92.6 Å². The number of benzene rings is 2. The summed E-state index contributed by atoms with van der Waals surface area (Å²) in [6, 6.07) is 32.1. The Labute approximate surface area is 410 Å². The fourth-order valence-corrected chi connectivity index (χ4v) is 9.36. The number of nitrogens with zero attached hydrogens (tertiary/aromatic N) is 8. The van der Waals surface area contributed by atoms with Crippen molar-refractivity contribution in [3.8, 4) is 34.2 Å². The zero-order chi connectivity index (χ0) is 49.5. The summed E-state index contributed by atoms with van der Waals surface area (Å²) in [6.45, 7) is 21.9. The van der Waals surface area contributed by atoms with Gasteiger partial charge in [-0.1, -0.05) is 83.9 Å². The first-order valence-corrected chi connectivity index (χ1v) is 27.9. The number of aliphatic hydroxyl groups excluding tert-OH is 1. The van der Waals surface area contributed by atoms with Crippen LogP contribution in [0, 0.1) is 0 Å². The smallest absolute Gasteiger partial charge is 0.192 e. The van der Waals surface area contributed by atoms with Crippen LogP contribution in [0.3, 0.4) is 0 Å². The van der Waals surface area contributed by atoms with Crippen LogP contribution in [0.4, 0.5) is 0 Å². The van der Waals surface area contributed by atoms with Crippen LogP contribution in [0.15, 0.2) is 122 Å². The molecule has 0 amide bonds. The Morgan fingerprint density at radius 2 is 1.23 bits per heavy atom. The van der Waals surface area contributed by atoms with Crippen molar-refractivity contribution in [3.05, 3.63) is 144 Å². The van der Waals surface area contributed by atoms with Gasteiger partial charge in [-0.25, -0.2) is 28.3 Å². The number of nitrogens with one attached hydrogen (secondary N) is 1. The summed E-state index contributed by atoms with van der Waals surface area (Å²) in [5.41, 5.74) is 15.6. The highest BCUT2D eigenvalue weighted by molar-refractivity contribution is 7.84. The van der Waals surface area contributed by atoms with E-state index in [1.807, 2.05) is 105 Å². The van der Waals surface area contributed by atoms with Gasteiger partial charge in [0.2, 0.25) is 0 Å². The molecule has 0 saturated heterocycles. The zero-order valence-corrected chi connectivity index (χ0v) is 43.6. The van der Waals surface area contributed by atoms with Gasteiger partial charge in [0.15, 0.2) is 20.0 Å². The van der Waals surface area contributed by atoms with Crippen LogP contribution in [0.2, 0.25) is 18.1 Å². The van der Waals surface area contributed by atoms with Gasteiger partial charge in [0, 0.05) is 46.4 Å². The molecule has 3 atom stereocenters. The number of nitrogens with two attached hydrogens (primary N) is 1. The SMILES string of the molecule is CCC[C@H](N)c1ccnc(-c2ccc3cnn(-c4cccc(CO)n4)c3c2)c1.CCC[C@H](NS(=O)C(C)(C)C)c1ccnc(-c2ccc3cnn(-c4cccc(CO[Si](C)(C)C(C)(C)C)n4)c3c2)c1. The molecule has 0 aliphatic rings. The van der Waals surface area contributed by atoms with Gasteiger partial charge in [-0.3, -0.25) is 9.97 Å². The molecule has 8 aromatic rings. The highest BCUT2D eigenvalue weighted by Crippen LogP contribution is 2.37. The zero-order valence-electron chi connectivity index (χ0n) is 41.8. The Hall–Kier alpha value is -5.81. The Bertz CT molecular complexity index is 3030. The number of fused-ring (bicyclic) bond motifs is 2. The Kier molecular flexibility index (Phi) is 16.2. The summed E-state index contributed by atoms with van der Waals surface area (Å²) in [5, 5.41) is 20.7. The van der Waals surface area contributed by atoms with Crippen molar-refractivity contribution in [2.24, 2.45) is 5.73 Å². The molecule has 6 aromatic heterocycles. The second-order valence-corrected chi connectivity index (χ2v) is 26.8. The van der Waals surface area contributed by atoms with Gasteiger partial charge in [-0.2, -0.15) is 10.2 Å². The number of rotatable bonds is 16. The summed E-state index contributed by atoms with van der Waals surface area (Å²) < 4.78 is 26.0. The molecule has 0 bridgehead atoms. The lowest BCUT2D eigenvalue weighted by Gasteiger charge is -2.36. The lowest BCUT2D eigenvalue weighted by Crippen LogP contribution is -2.40. The van der Waals surface area contributed by atoms with E-state index in [2.05, 4.69) is 109 Å². The van der Waals surface area contributed by atoms with Crippen molar-refractivity contribution in [1.29, 1.82) is 0 Å². The molecule has 0 aliphatic heterocycles. The van der Waals surface area contributed by atoms with E-state index in [4.69, 9.17) is 20.1 Å². The number of pyridine rings is 4. The Morgan fingerprint density at radius 1 is 0.710 bits per heavy atom. The maximum Gasteiger partial charge on any atom is 0.192 e.